The van der Waals surface area contributed by atoms with Crippen LogP contribution in [0.15, 0.2) is 18.2 Å². The smallest absolute Gasteiger partial charge is 0.407 e. The van der Waals surface area contributed by atoms with Gasteiger partial charge in [-0.2, -0.15) is 0 Å². The lowest BCUT2D eigenvalue weighted by Crippen LogP contribution is -2.40. The van der Waals surface area contributed by atoms with E-state index in [2.05, 4.69) is 25.3 Å². The van der Waals surface area contributed by atoms with Crippen LogP contribution in [0.1, 0.15) is 33.6 Å². The molecule has 0 saturated carbocycles. The molecule has 10 nitrogen and oxygen atoms in total. The van der Waals surface area contributed by atoms with E-state index in [-0.39, 0.29) is 11.7 Å². The summed E-state index contributed by atoms with van der Waals surface area (Å²) in [7, 11) is 0. The van der Waals surface area contributed by atoms with Crippen molar-refractivity contribution in [2.75, 3.05) is 36.0 Å². The van der Waals surface area contributed by atoms with Gasteiger partial charge in [0.05, 0.1) is 11.0 Å². The summed E-state index contributed by atoms with van der Waals surface area (Å²) < 4.78 is 5.34. The normalized spacial score (nSPS) is 19.0. The number of nitrogens with one attached hydrogen (secondary N) is 1. The van der Waals surface area contributed by atoms with Gasteiger partial charge in [-0.15, -0.1) is 10.2 Å². The van der Waals surface area contributed by atoms with Crippen LogP contribution in [0.5, 0.6) is 0 Å². The van der Waals surface area contributed by atoms with Crippen LogP contribution >= 0.6 is 0 Å². The molecule has 1 aromatic carbocycles. The highest BCUT2D eigenvalue weighted by Gasteiger charge is 2.30. The maximum atomic E-state index is 12.1. The third-order valence-electron chi connectivity index (χ3n) is 5.30. The lowest BCUT2D eigenvalue weighted by Gasteiger charge is -2.33. The average Bonchev–Trinajstić information content (AvgIpc) is 3.06. The molecule has 1 N–H and O–H groups in total. The highest BCUT2D eigenvalue weighted by Crippen LogP contribution is 2.35. The van der Waals surface area contributed by atoms with Gasteiger partial charge in [0.15, 0.2) is 11.6 Å². The summed E-state index contributed by atoms with van der Waals surface area (Å²) in [6.45, 7) is 8.50. The number of hydrogen-bond donors (Lipinski definition) is 1. The molecule has 0 spiro atoms. The van der Waals surface area contributed by atoms with Crippen LogP contribution < -0.4 is 15.1 Å². The standard InChI is InChI=1S/C20H26N6O4/c1-20(2,3)30-19(27)21-13-7-10-25(12-13)17-15-6-5-14(26(28)29)11-16(15)18(23-22-17)24-8-4-9-24/h5-6,11,13H,4,7-10,12H2,1-3H3,(H,21,27)/t13-/m1/s1. The van der Waals surface area contributed by atoms with Crippen LogP contribution in [-0.2, 0) is 4.74 Å². The molecule has 2 aliphatic heterocycles. The minimum absolute atomic E-state index is 0.0362. The molecule has 2 aromatic rings. The molecule has 1 aromatic heterocycles. The zero-order valence-electron chi connectivity index (χ0n) is 17.4. The molecule has 10 heteroatoms. The van der Waals surface area contributed by atoms with Gasteiger partial charge in [-0.25, -0.2) is 4.79 Å². The minimum Gasteiger partial charge on any atom is -0.444 e. The summed E-state index contributed by atoms with van der Waals surface area (Å²) in [5.74, 6) is 1.36. The molecular formula is C20H26N6O4. The molecule has 160 valence electrons. The fourth-order valence-electron chi connectivity index (χ4n) is 3.77. The Bertz CT molecular complexity index is 985. The summed E-state index contributed by atoms with van der Waals surface area (Å²) in [5, 5.41) is 24.6. The zero-order valence-corrected chi connectivity index (χ0v) is 17.4. The molecule has 1 amide bonds. The van der Waals surface area contributed by atoms with E-state index < -0.39 is 16.6 Å². The number of fused-ring (bicyclic) bond motifs is 1. The van der Waals surface area contributed by atoms with Crippen molar-refractivity contribution in [3.8, 4) is 0 Å². The van der Waals surface area contributed by atoms with E-state index in [1.807, 2.05) is 20.8 Å². The fourth-order valence-corrected chi connectivity index (χ4v) is 3.77. The Morgan fingerprint density at radius 2 is 1.87 bits per heavy atom. The van der Waals surface area contributed by atoms with Gasteiger partial charge in [-0.1, -0.05) is 0 Å². The third-order valence-corrected chi connectivity index (χ3v) is 5.30. The first-order valence-electron chi connectivity index (χ1n) is 10.2. The molecule has 0 bridgehead atoms. The first-order valence-corrected chi connectivity index (χ1v) is 10.2. The van der Waals surface area contributed by atoms with Crippen molar-refractivity contribution in [1.29, 1.82) is 0 Å². The number of nitro groups is 1. The van der Waals surface area contributed by atoms with Gasteiger partial charge in [0.2, 0.25) is 0 Å². The van der Waals surface area contributed by atoms with Gasteiger partial charge in [-0.3, -0.25) is 10.1 Å². The number of alkyl carbamates (subject to hydrolysis) is 1. The number of anilines is 2. The molecule has 3 heterocycles. The topological polar surface area (TPSA) is 114 Å². The second-order valence-electron chi connectivity index (χ2n) is 8.75. The molecule has 1 atom stereocenters. The van der Waals surface area contributed by atoms with Crippen molar-refractivity contribution in [2.45, 2.75) is 45.3 Å². The number of carbonyl (C=O) groups is 1. The molecule has 0 aliphatic carbocycles. The van der Waals surface area contributed by atoms with Gasteiger partial charge in [0.1, 0.15) is 5.60 Å². The first-order chi connectivity index (χ1) is 14.2. The number of rotatable bonds is 4. The molecule has 4 rings (SSSR count). The Hall–Kier alpha value is -3.17. The van der Waals surface area contributed by atoms with E-state index in [0.717, 1.165) is 36.7 Å². The van der Waals surface area contributed by atoms with Gasteiger partial charge in [0, 0.05) is 49.1 Å². The first kappa shape index (κ1) is 20.1. The number of nitro benzene ring substituents is 1. The molecule has 2 aliphatic rings. The summed E-state index contributed by atoms with van der Waals surface area (Å²) in [5.41, 5.74) is -0.514. The van der Waals surface area contributed by atoms with Gasteiger partial charge >= 0.3 is 6.09 Å². The summed E-state index contributed by atoms with van der Waals surface area (Å²) in [4.78, 5) is 27.1. The predicted octanol–water partition coefficient (Wildman–Crippen LogP) is 2.85. The van der Waals surface area contributed by atoms with E-state index in [0.29, 0.717) is 24.7 Å². The van der Waals surface area contributed by atoms with E-state index in [9.17, 15) is 14.9 Å². The number of carbonyl (C=O) groups excluding carboxylic acids is 1. The highest BCUT2D eigenvalue weighted by atomic mass is 16.6. The van der Waals surface area contributed by atoms with Crippen molar-refractivity contribution in [3.63, 3.8) is 0 Å². The summed E-state index contributed by atoms with van der Waals surface area (Å²) in [6.07, 6.45) is 1.39. The van der Waals surface area contributed by atoms with Crippen LogP contribution in [0.25, 0.3) is 10.8 Å². The molecule has 2 fully saturated rings. The van der Waals surface area contributed by atoms with Crippen LogP contribution in [0, 0.1) is 10.1 Å². The maximum Gasteiger partial charge on any atom is 0.407 e. The largest absolute Gasteiger partial charge is 0.444 e. The monoisotopic (exact) mass is 414 g/mol. The van der Waals surface area contributed by atoms with Crippen molar-refractivity contribution in [1.82, 2.24) is 15.5 Å². The van der Waals surface area contributed by atoms with Crippen molar-refractivity contribution in [2.24, 2.45) is 0 Å². The fraction of sp³-hybridized carbons (Fsp3) is 0.550. The van der Waals surface area contributed by atoms with Gasteiger partial charge < -0.3 is 19.9 Å². The second-order valence-corrected chi connectivity index (χ2v) is 8.75. The number of hydrogen-bond acceptors (Lipinski definition) is 8. The predicted molar refractivity (Wildman–Crippen MR) is 113 cm³/mol. The van der Waals surface area contributed by atoms with Crippen molar-refractivity contribution < 1.29 is 14.5 Å². The Morgan fingerprint density at radius 3 is 2.47 bits per heavy atom. The van der Waals surface area contributed by atoms with Crippen molar-refractivity contribution >= 4 is 34.2 Å². The third kappa shape index (κ3) is 4.07. The van der Waals surface area contributed by atoms with E-state index in [1.165, 1.54) is 6.07 Å². The van der Waals surface area contributed by atoms with E-state index in [1.54, 1.807) is 12.1 Å². The Balaban J connectivity index is 1.59. The summed E-state index contributed by atoms with van der Waals surface area (Å²) in [6, 6.07) is 4.76. The number of nitrogens with zero attached hydrogens (tertiary/aromatic N) is 5. The molecule has 2 saturated heterocycles. The molecule has 30 heavy (non-hydrogen) atoms. The highest BCUT2D eigenvalue weighted by molar-refractivity contribution is 6.00. The molecular weight excluding hydrogens is 388 g/mol. The number of ether oxygens (including phenoxy) is 1. The van der Waals surface area contributed by atoms with Gasteiger partial charge in [0.25, 0.3) is 5.69 Å². The lowest BCUT2D eigenvalue weighted by atomic mass is 10.1. The number of amides is 1. The van der Waals surface area contributed by atoms with Crippen LogP contribution in [0.2, 0.25) is 0 Å². The second kappa shape index (κ2) is 7.58. The van der Waals surface area contributed by atoms with Crippen LogP contribution in [0.4, 0.5) is 22.1 Å². The van der Waals surface area contributed by atoms with Gasteiger partial charge in [-0.05, 0) is 39.7 Å². The SMILES string of the molecule is CC(C)(C)OC(=O)N[C@@H]1CCN(c2nnc(N3CCC3)c3cc([N+](=O)[O-])ccc23)C1. The Kier molecular flexibility index (Phi) is 5.08. The Morgan fingerprint density at radius 1 is 1.17 bits per heavy atom. The van der Waals surface area contributed by atoms with Crippen molar-refractivity contribution in [3.05, 3.63) is 28.3 Å². The number of aromatic nitrogens is 2. The van der Waals surface area contributed by atoms with E-state index >= 15 is 0 Å². The van der Waals surface area contributed by atoms with E-state index in [4.69, 9.17) is 4.74 Å². The molecule has 0 radical (unpaired) electrons. The number of benzene rings is 1. The Labute approximate surface area is 174 Å². The molecule has 0 unspecified atom stereocenters. The van der Waals surface area contributed by atoms with Crippen LogP contribution in [0.3, 0.4) is 0 Å². The lowest BCUT2D eigenvalue weighted by molar-refractivity contribution is -0.384. The minimum atomic E-state index is -0.550. The number of non-ortho nitro benzene ring substituents is 1. The summed E-state index contributed by atoms with van der Waals surface area (Å²) >= 11 is 0. The maximum absolute atomic E-state index is 12.1. The zero-order chi connectivity index (χ0) is 21.5. The van der Waals surface area contributed by atoms with Crippen LogP contribution in [-0.4, -0.2) is 59.0 Å². The quantitative estimate of drug-likeness (QED) is 0.600. The average molecular weight is 414 g/mol.